The van der Waals surface area contributed by atoms with Gasteiger partial charge >= 0.3 is 0 Å². The Bertz CT molecular complexity index is 1350. The van der Waals surface area contributed by atoms with Crippen LogP contribution in [0.1, 0.15) is 14.9 Å². The molecule has 0 saturated heterocycles. The van der Waals surface area contributed by atoms with E-state index in [4.69, 9.17) is 9.05 Å². The van der Waals surface area contributed by atoms with E-state index in [1.54, 1.807) is 0 Å². The second-order valence-corrected chi connectivity index (χ2v) is 12.9. The average Bonchev–Trinajstić information content (AvgIpc) is 2.84. The highest BCUT2D eigenvalue weighted by Gasteiger charge is 2.41. The second-order valence-electron chi connectivity index (χ2n) is 8.00. The van der Waals surface area contributed by atoms with Gasteiger partial charge in [-0.25, -0.2) is 0 Å². The normalized spacial score (nSPS) is 21.1. The molecule has 0 aliphatic carbocycles. The molecule has 0 saturated carbocycles. The van der Waals surface area contributed by atoms with E-state index in [0.29, 0.717) is 22.1 Å². The van der Waals surface area contributed by atoms with Gasteiger partial charge in [-0.1, -0.05) is 87.6 Å². The van der Waals surface area contributed by atoms with Crippen LogP contribution in [0.25, 0.3) is 22.3 Å². The van der Waals surface area contributed by atoms with Crippen LogP contribution < -0.4 is 19.7 Å². The van der Waals surface area contributed by atoms with E-state index < -0.39 is 14.7 Å². The van der Waals surface area contributed by atoms with Crippen LogP contribution in [-0.4, -0.2) is 12.3 Å². The van der Waals surface area contributed by atoms with Crippen molar-refractivity contribution in [2.45, 2.75) is 14.9 Å². The van der Waals surface area contributed by atoms with Crippen molar-refractivity contribution in [1.82, 2.24) is 0 Å². The van der Waals surface area contributed by atoms with Gasteiger partial charge in [0.05, 0.1) is 10.6 Å². The summed E-state index contributed by atoms with van der Waals surface area (Å²) >= 11 is 0. The lowest BCUT2D eigenvalue weighted by molar-refractivity contribution is 0.482. The number of rotatable bonds is 3. The van der Waals surface area contributed by atoms with Crippen molar-refractivity contribution in [2.24, 2.45) is 0 Å². The van der Waals surface area contributed by atoms with Crippen LogP contribution in [0.15, 0.2) is 97.1 Å². The van der Waals surface area contributed by atoms with Gasteiger partial charge in [0.25, 0.3) is 14.7 Å². The monoisotopic (exact) mass is 490 g/mol. The fourth-order valence-corrected chi connectivity index (χ4v) is 10.2. The molecule has 174 valence electrons. The highest BCUT2D eigenvalue weighted by Crippen LogP contribution is 2.60. The summed E-state index contributed by atoms with van der Waals surface area (Å²) in [6.45, 7) is 0. The van der Waals surface area contributed by atoms with E-state index >= 15 is 0 Å². The first-order valence-electron chi connectivity index (χ1n) is 10.5. The molecule has 0 spiro atoms. The van der Waals surface area contributed by atoms with Crippen LogP contribution in [0, 0.1) is 0 Å². The minimum absolute atomic E-state index is 0. The second kappa shape index (κ2) is 8.95. The molecule has 4 aromatic carbocycles. The smallest absolute Gasteiger partial charge is 0.278 e. The Hall–Kier alpha value is -3.06. The molecule has 0 fully saturated rings. The maximum Gasteiger partial charge on any atom is 0.278 e. The zero-order valence-electron chi connectivity index (χ0n) is 17.2. The summed E-state index contributed by atoms with van der Waals surface area (Å²) in [5.74, 6) is 1.20. The molecule has 0 N–H and O–H groups in total. The molecular weight excluding hydrogens is 462 g/mol. The third-order valence-electron chi connectivity index (χ3n) is 6.08. The third kappa shape index (κ3) is 3.72. The minimum atomic E-state index is -3.29. The highest BCUT2D eigenvalue weighted by molar-refractivity contribution is 7.71. The number of hydrogen-bond donors (Lipinski definition) is 0. The Kier molecular flexibility index (Phi) is 6.34. The van der Waals surface area contributed by atoms with Crippen molar-refractivity contribution in [3.8, 4) is 33.8 Å². The van der Waals surface area contributed by atoms with Gasteiger partial charge in [0.2, 0.25) is 0 Å². The van der Waals surface area contributed by atoms with Gasteiger partial charge in [0, 0.05) is 23.5 Å². The lowest BCUT2D eigenvalue weighted by atomic mass is 10.0. The van der Waals surface area contributed by atoms with Crippen molar-refractivity contribution in [3.05, 3.63) is 97.1 Å². The fraction of sp³-hybridized carbons (Fsp3) is 0.143. The number of fused-ring (bicyclic) bond motifs is 6. The van der Waals surface area contributed by atoms with Crippen molar-refractivity contribution >= 4 is 25.3 Å². The third-order valence-corrected chi connectivity index (χ3v) is 11.3. The average molecular weight is 490 g/mol. The van der Waals surface area contributed by atoms with E-state index in [1.165, 1.54) is 0 Å². The van der Waals surface area contributed by atoms with E-state index in [1.807, 2.05) is 97.1 Å². The first kappa shape index (κ1) is 24.1. The Balaban J connectivity index is 0.00000137. The Morgan fingerprint density at radius 1 is 0.471 bits per heavy atom. The lowest BCUT2D eigenvalue weighted by Crippen LogP contribution is -2.25. The zero-order chi connectivity index (χ0) is 21.8. The van der Waals surface area contributed by atoms with Gasteiger partial charge in [-0.15, -0.1) is 0 Å². The standard InChI is InChI=1S/C26H20O4P2.2CH4/c27-31(25-15-7-3-11-21(25)19-9-1-5-13-23(19)29-31)17-18-32(28)26-16-8-4-12-22(26)20-10-2-6-14-24(20)30-32;;/h1-16H,17-18H2;2*1H4. The molecule has 0 radical (unpaired) electrons. The van der Waals surface area contributed by atoms with Crippen molar-refractivity contribution in [1.29, 1.82) is 0 Å². The minimum Gasteiger partial charge on any atom is -0.439 e. The van der Waals surface area contributed by atoms with Gasteiger partial charge in [-0.3, -0.25) is 9.13 Å². The zero-order valence-corrected chi connectivity index (χ0v) is 19.0. The van der Waals surface area contributed by atoms with Crippen molar-refractivity contribution in [2.75, 3.05) is 12.3 Å². The molecule has 0 bridgehead atoms. The van der Waals surface area contributed by atoms with Crippen LogP contribution in [0.5, 0.6) is 11.5 Å². The molecular formula is C28H28O4P2. The Labute approximate surface area is 201 Å². The topological polar surface area (TPSA) is 52.6 Å². The van der Waals surface area contributed by atoms with Gasteiger partial charge < -0.3 is 9.05 Å². The van der Waals surface area contributed by atoms with E-state index in [9.17, 15) is 9.13 Å². The molecule has 6 heteroatoms. The number of benzene rings is 4. The molecule has 6 rings (SSSR count). The molecule has 2 aliphatic heterocycles. The van der Waals surface area contributed by atoms with E-state index in [-0.39, 0.29) is 27.2 Å². The van der Waals surface area contributed by atoms with Crippen LogP contribution >= 0.6 is 14.7 Å². The summed E-state index contributed by atoms with van der Waals surface area (Å²) in [5, 5.41) is 1.35. The van der Waals surface area contributed by atoms with E-state index in [2.05, 4.69) is 0 Å². The van der Waals surface area contributed by atoms with Crippen molar-refractivity contribution in [3.63, 3.8) is 0 Å². The quantitative estimate of drug-likeness (QED) is 0.278. The molecule has 0 aromatic heterocycles. The molecule has 2 aliphatic rings. The molecule has 0 amide bonds. The van der Waals surface area contributed by atoms with E-state index in [0.717, 1.165) is 22.3 Å². The van der Waals surface area contributed by atoms with Gasteiger partial charge in [-0.2, -0.15) is 0 Å². The van der Waals surface area contributed by atoms with Crippen molar-refractivity contribution < 1.29 is 18.2 Å². The predicted octanol–water partition coefficient (Wildman–Crippen LogP) is 7.58. The van der Waals surface area contributed by atoms with Crippen LogP contribution in [0.2, 0.25) is 0 Å². The number of para-hydroxylation sites is 2. The van der Waals surface area contributed by atoms with Crippen LogP contribution in [-0.2, 0) is 9.13 Å². The maximum atomic E-state index is 14.2. The summed E-state index contributed by atoms with van der Waals surface area (Å²) in [6, 6.07) is 30.5. The molecule has 2 heterocycles. The molecule has 2 unspecified atom stereocenters. The van der Waals surface area contributed by atoms with Gasteiger partial charge in [0.15, 0.2) is 0 Å². The summed E-state index contributed by atoms with van der Waals surface area (Å²) < 4.78 is 40.6. The largest absolute Gasteiger partial charge is 0.439 e. The summed E-state index contributed by atoms with van der Waals surface area (Å²) in [6.07, 6.45) is 0.262. The molecule has 2 atom stereocenters. The highest BCUT2D eigenvalue weighted by atomic mass is 31.2. The lowest BCUT2D eigenvalue weighted by Gasteiger charge is -2.32. The molecule has 4 aromatic rings. The molecule has 4 nitrogen and oxygen atoms in total. The van der Waals surface area contributed by atoms with Crippen LogP contribution in [0.4, 0.5) is 0 Å². The summed E-state index contributed by atoms with van der Waals surface area (Å²) in [5.41, 5.74) is 3.67. The van der Waals surface area contributed by atoms with Gasteiger partial charge in [0.1, 0.15) is 11.5 Å². The molecule has 34 heavy (non-hydrogen) atoms. The number of hydrogen-bond acceptors (Lipinski definition) is 4. The van der Waals surface area contributed by atoms with Gasteiger partial charge in [-0.05, 0) is 35.4 Å². The first-order chi connectivity index (χ1) is 15.6. The SMILES string of the molecule is C.C.O=P1(CCP2(=O)Oc3ccccc3-c3ccccc32)Oc2ccccc2-c2ccccc21. The maximum absolute atomic E-state index is 14.2. The summed E-state index contributed by atoms with van der Waals surface area (Å²) in [4.78, 5) is 0. The Morgan fingerprint density at radius 3 is 1.21 bits per heavy atom. The first-order valence-corrected chi connectivity index (χ1v) is 14.1. The van der Waals surface area contributed by atoms with Crippen LogP contribution in [0.3, 0.4) is 0 Å². The Morgan fingerprint density at radius 2 is 0.794 bits per heavy atom. The fourth-order valence-electron chi connectivity index (χ4n) is 4.55. The predicted molar refractivity (Wildman–Crippen MR) is 143 cm³/mol. The summed E-state index contributed by atoms with van der Waals surface area (Å²) in [7, 11) is -6.59.